The largest absolute Gasteiger partial charge is 0.324 e. The van der Waals surface area contributed by atoms with E-state index >= 15 is 0 Å². The van der Waals surface area contributed by atoms with Gasteiger partial charge in [0.1, 0.15) is 0 Å². The zero-order valence-corrected chi connectivity index (χ0v) is 11.5. The van der Waals surface area contributed by atoms with Gasteiger partial charge in [0.2, 0.25) is 0 Å². The van der Waals surface area contributed by atoms with Crippen molar-refractivity contribution >= 4 is 0 Å². The molecule has 18 heavy (non-hydrogen) atoms. The lowest BCUT2D eigenvalue weighted by Crippen LogP contribution is -2.46. The standard InChI is InChI=1S/C15H25N3/c1-12-3-5-14(6-4-12)15(16)13(2)11-18-9-7-17-8-10-18/h3-6,13,15,17H,7-11,16H2,1-2H3. The van der Waals surface area contributed by atoms with Crippen LogP contribution in [0.1, 0.15) is 24.1 Å². The van der Waals surface area contributed by atoms with Gasteiger partial charge in [0, 0.05) is 38.8 Å². The molecule has 1 saturated heterocycles. The van der Waals surface area contributed by atoms with Gasteiger partial charge in [-0.3, -0.25) is 0 Å². The lowest BCUT2D eigenvalue weighted by atomic mass is 9.94. The summed E-state index contributed by atoms with van der Waals surface area (Å²) in [5, 5.41) is 3.38. The summed E-state index contributed by atoms with van der Waals surface area (Å²) in [7, 11) is 0. The van der Waals surface area contributed by atoms with Crippen LogP contribution in [0, 0.1) is 12.8 Å². The van der Waals surface area contributed by atoms with Gasteiger partial charge in [-0.05, 0) is 18.4 Å². The molecule has 1 aliphatic heterocycles. The Morgan fingerprint density at radius 2 is 1.83 bits per heavy atom. The molecule has 0 saturated carbocycles. The van der Waals surface area contributed by atoms with Crippen LogP contribution >= 0.6 is 0 Å². The van der Waals surface area contributed by atoms with Gasteiger partial charge in [-0.15, -0.1) is 0 Å². The fraction of sp³-hybridized carbons (Fsp3) is 0.600. The van der Waals surface area contributed by atoms with Crippen molar-refractivity contribution in [1.82, 2.24) is 10.2 Å². The lowest BCUT2D eigenvalue weighted by Gasteiger charge is -2.31. The summed E-state index contributed by atoms with van der Waals surface area (Å²) >= 11 is 0. The molecule has 0 spiro atoms. The topological polar surface area (TPSA) is 41.3 Å². The summed E-state index contributed by atoms with van der Waals surface area (Å²) in [5.41, 5.74) is 8.91. The minimum Gasteiger partial charge on any atom is -0.324 e. The minimum absolute atomic E-state index is 0.139. The van der Waals surface area contributed by atoms with Crippen molar-refractivity contribution in [1.29, 1.82) is 0 Å². The third kappa shape index (κ3) is 3.55. The summed E-state index contributed by atoms with van der Waals surface area (Å²) < 4.78 is 0. The van der Waals surface area contributed by atoms with Gasteiger partial charge in [0.25, 0.3) is 0 Å². The molecule has 2 unspecified atom stereocenters. The summed E-state index contributed by atoms with van der Waals surface area (Å²) in [6.45, 7) is 9.96. The highest BCUT2D eigenvalue weighted by Crippen LogP contribution is 2.20. The Kier molecular flexibility index (Phi) is 4.75. The van der Waals surface area contributed by atoms with E-state index in [-0.39, 0.29) is 6.04 Å². The first-order chi connectivity index (χ1) is 8.66. The number of hydrogen-bond acceptors (Lipinski definition) is 3. The zero-order valence-electron chi connectivity index (χ0n) is 11.5. The van der Waals surface area contributed by atoms with E-state index in [1.165, 1.54) is 11.1 Å². The maximum atomic E-state index is 6.36. The molecule has 0 radical (unpaired) electrons. The highest BCUT2D eigenvalue weighted by atomic mass is 15.2. The van der Waals surface area contributed by atoms with E-state index in [1.54, 1.807) is 0 Å². The van der Waals surface area contributed by atoms with Crippen molar-refractivity contribution in [2.75, 3.05) is 32.7 Å². The molecule has 3 nitrogen and oxygen atoms in total. The van der Waals surface area contributed by atoms with Crippen LogP contribution in [0.15, 0.2) is 24.3 Å². The van der Waals surface area contributed by atoms with E-state index in [0.717, 1.165) is 32.7 Å². The van der Waals surface area contributed by atoms with Crippen LogP contribution in [0.5, 0.6) is 0 Å². The highest BCUT2D eigenvalue weighted by Gasteiger charge is 2.19. The van der Waals surface area contributed by atoms with Crippen LogP contribution in [0.25, 0.3) is 0 Å². The van der Waals surface area contributed by atoms with Crippen molar-refractivity contribution in [3.05, 3.63) is 35.4 Å². The van der Waals surface area contributed by atoms with Crippen LogP contribution in [0.4, 0.5) is 0 Å². The number of nitrogens with zero attached hydrogens (tertiary/aromatic N) is 1. The van der Waals surface area contributed by atoms with Crippen LogP contribution in [0.2, 0.25) is 0 Å². The van der Waals surface area contributed by atoms with Crippen molar-refractivity contribution < 1.29 is 0 Å². The average Bonchev–Trinajstić information content (AvgIpc) is 2.40. The van der Waals surface area contributed by atoms with Crippen molar-refractivity contribution in [2.24, 2.45) is 11.7 Å². The second-order valence-corrected chi connectivity index (χ2v) is 5.46. The van der Waals surface area contributed by atoms with Crippen molar-refractivity contribution in [3.63, 3.8) is 0 Å². The first kappa shape index (κ1) is 13.5. The fourth-order valence-corrected chi connectivity index (χ4v) is 2.53. The molecule has 3 heteroatoms. The van der Waals surface area contributed by atoms with Gasteiger partial charge in [0.15, 0.2) is 0 Å². The van der Waals surface area contributed by atoms with E-state index in [0.29, 0.717) is 5.92 Å². The third-order valence-electron chi connectivity index (χ3n) is 3.83. The van der Waals surface area contributed by atoms with Crippen molar-refractivity contribution in [2.45, 2.75) is 19.9 Å². The number of benzene rings is 1. The normalized spacial score (nSPS) is 20.6. The quantitative estimate of drug-likeness (QED) is 0.848. The number of piperazine rings is 1. The van der Waals surface area contributed by atoms with E-state index in [2.05, 4.69) is 48.3 Å². The predicted molar refractivity (Wildman–Crippen MR) is 76.6 cm³/mol. The number of nitrogens with one attached hydrogen (secondary N) is 1. The number of hydrogen-bond donors (Lipinski definition) is 2. The molecule has 0 aliphatic carbocycles. The number of aryl methyl sites for hydroxylation is 1. The molecule has 1 fully saturated rings. The van der Waals surface area contributed by atoms with E-state index < -0.39 is 0 Å². The van der Waals surface area contributed by atoms with Crippen molar-refractivity contribution in [3.8, 4) is 0 Å². The van der Waals surface area contributed by atoms with Crippen LogP contribution in [0.3, 0.4) is 0 Å². The van der Waals surface area contributed by atoms with Crippen LogP contribution in [-0.2, 0) is 0 Å². The maximum Gasteiger partial charge on any atom is 0.0333 e. The van der Waals surface area contributed by atoms with Crippen LogP contribution in [-0.4, -0.2) is 37.6 Å². The highest BCUT2D eigenvalue weighted by molar-refractivity contribution is 5.24. The molecule has 1 aliphatic rings. The fourth-order valence-electron chi connectivity index (χ4n) is 2.53. The van der Waals surface area contributed by atoms with Crippen LogP contribution < -0.4 is 11.1 Å². The summed E-state index contributed by atoms with van der Waals surface area (Å²) in [6.07, 6.45) is 0. The Morgan fingerprint density at radius 3 is 2.44 bits per heavy atom. The molecule has 100 valence electrons. The zero-order chi connectivity index (χ0) is 13.0. The molecule has 2 atom stereocenters. The van der Waals surface area contributed by atoms with Gasteiger partial charge in [-0.25, -0.2) is 0 Å². The van der Waals surface area contributed by atoms with Gasteiger partial charge >= 0.3 is 0 Å². The first-order valence-electron chi connectivity index (χ1n) is 6.92. The molecule has 1 aromatic carbocycles. The smallest absolute Gasteiger partial charge is 0.0333 e. The molecule has 0 aromatic heterocycles. The SMILES string of the molecule is Cc1ccc(C(N)C(C)CN2CCNCC2)cc1. The first-order valence-corrected chi connectivity index (χ1v) is 6.92. The molecule has 1 heterocycles. The maximum absolute atomic E-state index is 6.36. The molecular weight excluding hydrogens is 222 g/mol. The molecular formula is C15H25N3. The van der Waals surface area contributed by atoms with E-state index in [9.17, 15) is 0 Å². The second-order valence-electron chi connectivity index (χ2n) is 5.46. The molecule has 3 N–H and O–H groups in total. The lowest BCUT2D eigenvalue weighted by molar-refractivity contribution is 0.199. The summed E-state index contributed by atoms with van der Waals surface area (Å²) in [4.78, 5) is 2.51. The molecule has 0 bridgehead atoms. The Morgan fingerprint density at radius 1 is 1.22 bits per heavy atom. The van der Waals surface area contributed by atoms with E-state index in [1.807, 2.05) is 0 Å². The number of nitrogens with two attached hydrogens (primary N) is 1. The monoisotopic (exact) mass is 247 g/mol. The Balaban J connectivity index is 1.91. The van der Waals surface area contributed by atoms with E-state index in [4.69, 9.17) is 5.73 Å². The average molecular weight is 247 g/mol. The van der Waals surface area contributed by atoms with Gasteiger partial charge in [-0.2, -0.15) is 0 Å². The predicted octanol–water partition coefficient (Wildman–Crippen LogP) is 1.54. The number of rotatable bonds is 4. The summed E-state index contributed by atoms with van der Waals surface area (Å²) in [6, 6.07) is 8.75. The van der Waals surface area contributed by atoms with Gasteiger partial charge in [0.05, 0.1) is 0 Å². The minimum atomic E-state index is 0.139. The molecule has 1 aromatic rings. The Hall–Kier alpha value is -0.900. The Labute approximate surface area is 110 Å². The molecule has 2 rings (SSSR count). The Bertz CT molecular complexity index is 355. The summed E-state index contributed by atoms with van der Waals surface area (Å²) in [5.74, 6) is 0.491. The third-order valence-corrected chi connectivity index (χ3v) is 3.83. The molecule has 0 amide bonds. The van der Waals surface area contributed by atoms with Gasteiger partial charge in [-0.1, -0.05) is 36.8 Å². The van der Waals surface area contributed by atoms with Gasteiger partial charge < -0.3 is 16.0 Å². The second kappa shape index (κ2) is 6.32.